The SMILES string of the molecule is CC(C)Oc1ccc(CNC2CCN(Cc3ccc(Cl)c(Cl)c3)CC2)cc1. The number of rotatable bonds is 7. The van der Waals surface area contributed by atoms with Gasteiger partial charge < -0.3 is 10.1 Å². The maximum absolute atomic E-state index is 6.12. The van der Waals surface area contributed by atoms with E-state index in [0.717, 1.165) is 44.8 Å². The molecule has 0 radical (unpaired) electrons. The van der Waals surface area contributed by atoms with Crippen LogP contribution in [0.25, 0.3) is 0 Å². The van der Waals surface area contributed by atoms with Gasteiger partial charge in [0.05, 0.1) is 16.1 Å². The first-order valence-corrected chi connectivity index (χ1v) is 10.4. The molecule has 2 aromatic carbocycles. The van der Waals surface area contributed by atoms with E-state index in [2.05, 4.69) is 40.5 Å². The molecule has 0 bridgehead atoms. The number of benzene rings is 2. The molecule has 1 aliphatic heterocycles. The van der Waals surface area contributed by atoms with Crippen molar-refractivity contribution in [3.05, 3.63) is 63.6 Å². The second-order valence-corrected chi connectivity index (χ2v) is 8.30. The number of nitrogens with zero attached hydrogens (tertiary/aromatic N) is 1. The van der Waals surface area contributed by atoms with Gasteiger partial charge in [0.25, 0.3) is 0 Å². The minimum atomic E-state index is 0.211. The van der Waals surface area contributed by atoms with E-state index in [0.29, 0.717) is 16.1 Å². The summed E-state index contributed by atoms with van der Waals surface area (Å²) in [5.41, 5.74) is 2.52. The third kappa shape index (κ3) is 6.39. The van der Waals surface area contributed by atoms with Gasteiger partial charge in [-0.3, -0.25) is 4.90 Å². The normalized spacial score (nSPS) is 16.0. The lowest BCUT2D eigenvalue weighted by molar-refractivity contribution is 0.190. The van der Waals surface area contributed by atoms with Crippen molar-refractivity contribution in [2.75, 3.05) is 13.1 Å². The lowest BCUT2D eigenvalue weighted by Gasteiger charge is -2.32. The molecule has 146 valence electrons. The third-order valence-corrected chi connectivity index (χ3v) is 5.61. The summed E-state index contributed by atoms with van der Waals surface area (Å²) < 4.78 is 5.70. The Labute approximate surface area is 172 Å². The molecular formula is C22H28Cl2N2O. The van der Waals surface area contributed by atoms with Crippen LogP contribution in [0.4, 0.5) is 0 Å². The molecule has 3 rings (SSSR count). The summed E-state index contributed by atoms with van der Waals surface area (Å²) in [7, 11) is 0. The lowest BCUT2D eigenvalue weighted by atomic mass is 10.0. The number of piperidine rings is 1. The number of likely N-dealkylation sites (tertiary alicyclic amines) is 1. The monoisotopic (exact) mass is 406 g/mol. The Kier molecular flexibility index (Phi) is 7.42. The van der Waals surface area contributed by atoms with Gasteiger partial charge in [-0.15, -0.1) is 0 Å². The average Bonchev–Trinajstić information content (AvgIpc) is 2.65. The average molecular weight is 407 g/mol. The van der Waals surface area contributed by atoms with E-state index in [1.54, 1.807) is 0 Å². The van der Waals surface area contributed by atoms with Crippen molar-refractivity contribution in [3.8, 4) is 5.75 Å². The van der Waals surface area contributed by atoms with Crippen LogP contribution in [0.15, 0.2) is 42.5 Å². The minimum Gasteiger partial charge on any atom is -0.491 e. The van der Waals surface area contributed by atoms with Crippen molar-refractivity contribution in [2.45, 2.75) is 51.9 Å². The van der Waals surface area contributed by atoms with Crippen LogP contribution < -0.4 is 10.1 Å². The highest BCUT2D eigenvalue weighted by Gasteiger charge is 2.19. The molecule has 5 heteroatoms. The van der Waals surface area contributed by atoms with E-state index in [1.165, 1.54) is 11.1 Å². The molecule has 0 amide bonds. The van der Waals surface area contributed by atoms with Crippen LogP contribution in [0.1, 0.15) is 37.8 Å². The molecule has 1 aliphatic rings. The van der Waals surface area contributed by atoms with Crippen LogP contribution in [0, 0.1) is 0 Å². The van der Waals surface area contributed by atoms with Gasteiger partial charge in [0.2, 0.25) is 0 Å². The van der Waals surface area contributed by atoms with E-state index >= 15 is 0 Å². The number of ether oxygens (including phenoxy) is 1. The molecule has 1 N–H and O–H groups in total. The van der Waals surface area contributed by atoms with Crippen LogP contribution >= 0.6 is 23.2 Å². The second kappa shape index (κ2) is 9.79. The van der Waals surface area contributed by atoms with Crippen molar-refractivity contribution in [1.29, 1.82) is 0 Å². The van der Waals surface area contributed by atoms with E-state index in [4.69, 9.17) is 27.9 Å². The van der Waals surface area contributed by atoms with Crippen molar-refractivity contribution < 1.29 is 4.74 Å². The first-order chi connectivity index (χ1) is 13.0. The Morgan fingerprint density at radius 1 is 1.00 bits per heavy atom. The maximum atomic E-state index is 6.12. The first-order valence-electron chi connectivity index (χ1n) is 9.65. The Hall–Kier alpha value is -1.26. The molecule has 0 saturated carbocycles. The summed E-state index contributed by atoms with van der Waals surface area (Å²) in [6, 6.07) is 14.9. The Bertz CT molecular complexity index is 726. The summed E-state index contributed by atoms with van der Waals surface area (Å²) >= 11 is 12.1. The Morgan fingerprint density at radius 2 is 1.67 bits per heavy atom. The number of hydrogen-bond acceptors (Lipinski definition) is 3. The van der Waals surface area contributed by atoms with Gasteiger partial charge in [0.15, 0.2) is 0 Å². The quantitative estimate of drug-likeness (QED) is 0.653. The van der Waals surface area contributed by atoms with Crippen molar-refractivity contribution in [1.82, 2.24) is 10.2 Å². The molecule has 1 saturated heterocycles. The van der Waals surface area contributed by atoms with Gasteiger partial charge in [-0.05, 0) is 75.2 Å². The summed E-state index contributed by atoms with van der Waals surface area (Å²) in [5.74, 6) is 0.935. The molecule has 27 heavy (non-hydrogen) atoms. The predicted octanol–water partition coefficient (Wildman–Crippen LogP) is 5.53. The molecule has 2 aromatic rings. The van der Waals surface area contributed by atoms with Gasteiger partial charge >= 0.3 is 0 Å². The molecule has 0 aliphatic carbocycles. The molecule has 0 spiro atoms. The zero-order valence-electron chi connectivity index (χ0n) is 16.1. The summed E-state index contributed by atoms with van der Waals surface area (Å²) in [4.78, 5) is 2.48. The van der Waals surface area contributed by atoms with Crippen LogP contribution in [0.5, 0.6) is 5.75 Å². The van der Waals surface area contributed by atoms with Crippen LogP contribution in [0.2, 0.25) is 10.0 Å². The van der Waals surface area contributed by atoms with E-state index in [1.807, 2.05) is 26.0 Å². The van der Waals surface area contributed by atoms with Crippen LogP contribution in [0.3, 0.4) is 0 Å². The standard InChI is InChI=1S/C22H28Cl2N2O/c1-16(2)27-20-6-3-17(4-7-20)14-25-19-9-11-26(12-10-19)15-18-5-8-21(23)22(24)13-18/h3-8,13,16,19,25H,9-12,14-15H2,1-2H3. The highest BCUT2D eigenvalue weighted by atomic mass is 35.5. The van der Waals surface area contributed by atoms with E-state index in [9.17, 15) is 0 Å². The van der Waals surface area contributed by atoms with Gasteiger partial charge in [-0.1, -0.05) is 41.4 Å². The zero-order valence-corrected chi connectivity index (χ0v) is 17.6. The topological polar surface area (TPSA) is 24.5 Å². The molecule has 1 heterocycles. The van der Waals surface area contributed by atoms with Crippen LogP contribution in [-0.2, 0) is 13.1 Å². The smallest absolute Gasteiger partial charge is 0.119 e. The second-order valence-electron chi connectivity index (χ2n) is 7.49. The summed E-state index contributed by atoms with van der Waals surface area (Å²) in [5, 5.41) is 4.95. The highest BCUT2D eigenvalue weighted by Crippen LogP contribution is 2.24. The largest absolute Gasteiger partial charge is 0.491 e. The fraction of sp³-hybridized carbons (Fsp3) is 0.455. The predicted molar refractivity (Wildman–Crippen MR) is 114 cm³/mol. The molecule has 0 aromatic heterocycles. The summed E-state index contributed by atoms with van der Waals surface area (Å²) in [6.45, 7) is 8.12. The highest BCUT2D eigenvalue weighted by molar-refractivity contribution is 6.42. The molecule has 1 fully saturated rings. The summed E-state index contributed by atoms with van der Waals surface area (Å²) in [6.07, 6.45) is 2.54. The minimum absolute atomic E-state index is 0.211. The first kappa shape index (κ1) is 20.5. The van der Waals surface area contributed by atoms with Gasteiger partial charge in [0, 0.05) is 19.1 Å². The molecular weight excluding hydrogens is 379 g/mol. The maximum Gasteiger partial charge on any atom is 0.119 e. The molecule has 3 nitrogen and oxygen atoms in total. The number of hydrogen-bond donors (Lipinski definition) is 1. The van der Waals surface area contributed by atoms with Crippen molar-refractivity contribution in [2.24, 2.45) is 0 Å². The van der Waals surface area contributed by atoms with Crippen LogP contribution in [-0.4, -0.2) is 30.1 Å². The third-order valence-electron chi connectivity index (χ3n) is 4.87. The fourth-order valence-electron chi connectivity index (χ4n) is 3.41. The van der Waals surface area contributed by atoms with E-state index in [-0.39, 0.29) is 6.10 Å². The number of nitrogens with one attached hydrogen (secondary N) is 1. The van der Waals surface area contributed by atoms with Gasteiger partial charge in [-0.2, -0.15) is 0 Å². The lowest BCUT2D eigenvalue weighted by Crippen LogP contribution is -2.41. The Morgan fingerprint density at radius 3 is 2.30 bits per heavy atom. The molecule has 0 unspecified atom stereocenters. The fourth-order valence-corrected chi connectivity index (χ4v) is 3.73. The van der Waals surface area contributed by atoms with Gasteiger partial charge in [-0.25, -0.2) is 0 Å². The van der Waals surface area contributed by atoms with Crippen molar-refractivity contribution in [3.63, 3.8) is 0 Å². The van der Waals surface area contributed by atoms with Gasteiger partial charge in [0.1, 0.15) is 5.75 Å². The Balaban J connectivity index is 1.41. The number of halogens is 2. The van der Waals surface area contributed by atoms with Crippen molar-refractivity contribution >= 4 is 23.2 Å². The zero-order chi connectivity index (χ0) is 19.2. The van der Waals surface area contributed by atoms with E-state index < -0.39 is 0 Å². The molecule has 0 atom stereocenters.